The third kappa shape index (κ3) is 4.32. The Hall–Kier alpha value is -1.95. The molecule has 6 heteroatoms. The fourth-order valence-electron chi connectivity index (χ4n) is 3.17. The van der Waals surface area contributed by atoms with Gasteiger partial charge in [0.05, 0.1) is 17.2 Å². The molecule has 0 spiro atoms. The number of carbonyl (C=O) groups excluding carboxylic acids is 2. The van der Waals surface area contributed by atoms with E-state index in [4.69, 9.17) is 10.5 Å². The first kappa shape index (κ1) is 16.9. The highest BCUT2D eigenvalue weighted by Gasteiger charge is 2.25. The van der Waals surface area contributed by atoms with Gasteiger partial charge in [0.1, 0.15) is 5.75 Å². The normalized spacial score (nSPS) is 20.4. The molecule has 1 aliphatic heterocycles. The second-order valence-corrected chi connectivity index (χ2v) is 7.31. The summed E-state index contributed by atoms with van der Waals surface area (Å²) in [7, 11) is 0. The summed E-state index contributed by atoms with van der Waals surface area (Å²) in [5.41, 5.74) is 7.37. The molecule has 5 nitrogen and oxygen atoms in total. The number of carbonyl (C=O) groups is 2. The number of hydrogen-bond donors (Lipinski definition) is 2. The van der Waals surface area contributed by atoms with Gasteiger partial charge >= 0.3 is 0 Å². The third-order valence-corrected chi connectivity index (χ3v) is 5.29. The van der Waals surface area contributed by atoms with E-state index >= 15 is 0 Å². The van der Waals surface area contributed by atoms with Gasteiger partial charge in [-0.25, -0.2) is 0 Å². The van der Waals surface area contributed by atoms with E-state index in [9.17, 15) is 9.59 Å². The molecule has 3 N–H and O–H groups in total. The summed E-state index contributed by atoms with van der Waals surface area (Å²) in [6.45, 7) is 0.683. The molecule has 1 aromatic rings. The molecule has 0 radical (unpaired) electrons. The smallest absolute Gasteiger partial charge is 0.290 e. The first-order valence-electron chi connectivity index (χ1n) is 8.39. The van der Waals surface area contributed by atoms with Crippen LogP contribution in [0.25, 0.3) is 6.08 Å². The lowest BCUT2D eigenvalue weighted by Gasteiger charge is -2.21. The number of nitrogens with one attached hydrogen (secondary N) is 1. The zero-order valence-electron chi connectivity index (χ0n) is 13.5. The Balaban J connectivity index is 1.57. The summed E-state index contributed by atoms with van der Waals surface area (Å²) in [4.78, 5) is 23.1. The monoisotopic (exact) mass is 346 g/mol. The lowest BCUT2D eigenvalue weighted by atomic mass is 9.87. The van der Waals surface area contributed by atoms with Crippen molar-refractivity contribution < 1.29 is 14.3 Å². The number of imide groups is 1. The van der Waals surface area contributed by atoms with Gasteiger partial charge in [-0.05, 0) is 47.9 Å². The molecule has 1 heterocycles. The van der Waals surface area contributed by atoms with Crippen molar-refractivity contribution in [2.24, 2.45) is 5.92 Å². The van der Waals surface area contributed by atoms with E-state index in [1.165, 1.54) is 32.1 Å². The predicted octanol–water partition coefficient (Wildman–Crippen LogP) is 3.94. The summed E-state index contributed by atoms with van der Waals surface area (Å²) in [6.07, 6.45) is 9.39. The topological polar surface area (TPSA) is 81.4 Å². The largest absolute Gasteiger partial charge is 0.491 e. The first-order chi connectivity index (χ1) is 11.6. The number of thioether (sulfide) groups is 1. The van der Waals surface area contributed by atoms with Crippen molar-refractivity contribution in [1.82, 2.24) is 5.32 Å². The number of rotatable bonds is 5. The van der Waals surface area contributed by atoms with Crippen LogP contribution in [0.2, 0.25) is 0 Å². The fraction of sp³-hybridized carbons (Fsp3) is 0.444. The Kier molecular flexibility index (Phi) is 5.45. The summed E-state index contributed by atoms with van der Waals surface area (Å²) in [5.74, 6) is 1.09. The fourth-order valence-corrected chi connectivity index (χ4v) is 3.85. The second kappa shape index (κ2) is 7.75. The summed E-state index contributed by atoms with van der Waals surface area (Å²) in [5, 5.41) is 1.89. The van der Waals surface area contributed by atoms with Gasteiger partial charge in [-0.2, -0.15) is 0 Å². The Bertz CT molecular complexity index is 666. The number of nitrogen functional groups attached to an aromatic ring is 1. The molecule has 1 aromatic carbocycles. The molecule has 0 atom stereocenters. The van der Waals surface area contributed by atoms with Crippen LogP contribution < -0.4 is 15.8 Å². The quantitative estimate of drug-likeness (QED) is 0.623. The number of anilines is 1. The van der Waals surface area contributed by atoms with Crippen molar-refractivity contribution in [2.75, 3.05) is 12.3 Å². The van der Waals surface area contributed by atoms with Crippen molar-refractivity contribution in [3.8, 4) is 5.75 Å². The van der Waals surface area contributed by atoms with Gasteiger partial charge in [-0.3, -0.25) is 14.9 Å². The maximum atomic E-state index is 11.6. The minimum atomic E-state index is -0.364. The van der Waals surface area contributed by atoms with E-state index in [-0.39, 0.29) is 11.1 Å². The van der Waals surface area contributed by atoms with Crippen LogP contribution in [0.1, 0.15) is 44.1 Å². The van der Waals surface area contributed by atoms with Crippen molar-refractivity contribution in [2.45, 2.75) is 38.5 Å². The Morgan fingerprint density at radius 2 is 2.04 bits per heavy atom. The minimum Gasteiger partial charge on any atom is -0.491 e. The van der Waals surface area contributed by atoms with E-state index in [0.29, 0.717) is 22.9 Å². The summed E-state index contributed by atoms with van der Waals surface area (Å²) < 4.78 is 5.82. The molecule has 0 bridgehead atoms. The molecule has 2 amide bonds. The Morgan fingerprint density at radius 3 is 2.71 bits per heavy atom. The van der Waals surface area contributed by atoms with Gasteiger partial charge in [0.15, 0.2) is 0 Å². The molecule has 3 rings (SSSR count). The molecule has 0 unspecified atom stereocenters. The van der Waals surface area contributed by atoms with Crippen LogP contribution in [0.5, 0.6) is 5.75 Å². The first-order valence-corrected chi connectivity index (χ1v) is 9.20. The lowest BCUT2D eigenvalue weighted by Crippen LogP contribution is -2.17. The van der Waals surface area contributed by atoms with E-state index in [1.54, 1.807) is 12.1 Å². The number of amides is 2. The average Bonchev–Trinajstić information content (AvgIpc) is 2.88. The van der Waals surface area contributed by atoms with Crippen molar-refractivity contribution in [1.29, 1.82) is 0 Å². The molecule has 1 aliphatic carbocycles. The van der Waals surface area contributed by atoms with Crippen LogP contribution in [0.15, 0.2) is 23.1 Å². The van der Waals surface area contributed by atoms with E-state index in [0.717, 1.165) is 29.7 Å². The third-order valence-electron chi connectivity index (χ3n) is 4.48. The number of nitrogens with two attached hydrogens (primary N) is 1. The van der Waals surface area contributed by atoms with E-state index in [1.807, 2.05) is 12.1 Å². The summed E-state index contributed by atoms with van der Waals surface area (Å²) in [6, 6.07) is 5.43. The number of ether oxygens (including phenoxy) is 1. The van der Waals surface area contributed by atoms with Crippen LogP contribution in [0.3, 0.4) is 0 Å². The average molecular weight is 346 g/mol. The summed E-state index contributed by atoms with van der Waals surface area (Å²) >= 11 is 0.898. The molecular weight excluding hydrogens is 324 g/mol. The molecule has 2 fully saturated rings. The van der Waals surface area contributed by atoms with Crippen molar-refractivity contribution in [3.63, 3.8) is 0 Å². The highest BCUT2D eigenvalue weighted by molar-refractivity contribution is 8.18. The molecular formula is C18H22N2O3S. The van der Waals surface area contributed by atoms with Crippen molar-refractivity contribution >= 4 is 34.7 Å². The maximum absolute atomic E-state index is 11.6. The highest BCUT2D eigenvalue weighted by Crippen LogP contribution is 2.30. The zero-order chi connectivity index (χ0) is 16.9. The number of hydrogen-bond acceptors (Lipinski definition) is 5. The van der Waals surface area contributed by atoms with Gasteiger partial charge in [0.25, 0.3) is 11.1 Å². The zero-order valence-corrected chi connectivity index (χ0v) is 14.4. The molecule has 2 aliphatic rings. The van der Waals surface area contributed by atoms with E-state index < -0.39 is 0 Å². The standard InChI is InChI=1S/C18H22N2O3S/c19-14-10-13(11-16-17(21)20-18(22)24-16)6-7-15(14)23-9-8-12-4-2-1-3-5-12/h6-7,10-12H,1-5,8-9,19H2,(H,20,21,22)/b16-11-. The van der Waals surface area contributed by atoms with Crippen LogP contribution >= 0.6 is 11.8 Å². The Morgan fingerprint density at radius 1 is 1.25 bits per heavy atom. The van der Waals surface area contributed by atoms with Gasteiger partial charge in [-0.15, -0.1) is 0 Å². The maximum Gasteiger partial charge on any atom is 0.290 e. The highest BCUT2D eigenvalue weighted by atomic mass is 32.2. The molecule has 24 heavy (non-hydrogen) atoms. The second-order valence-electron chi connectivity index (χ2n) is 6.29. The van der Waals surface area contributed by atoms with Crippen LogP contribution in [0, 0.1) is 5.92 Å². The molecule has 128 valence electrons. The van der Waals surface area contributed by atoms with E-state index in [2.05, 4.69) is 5.32 Å². The van der Waals surface area contributed by atoms with Gasteiger partial charge in [0.2, 0.25) is 0 Å². The minimum absolute atomic E-state index is 0.345. The molecule has 1 saturated heterocycles. The number of benzene rings is 1. The van der Waals surface area contributed by atoms with Gasteiger partial charge in [0, 0.05) is 0 Å². The van der Waals surface area contributed by atoms with Gasteiger partial charge in [-0.1, -0.05) is 38.2 Å². The molecule has 0 aromatic heterocycles. The van der Waals surface area contributed by atoms with Gasteiger partial charge < -0.3 is 10.5 Å². The SMILES string of the molecule is Nc1cc(/C=C2\SC(=O)NC2=O)ccc1OCCC1CCCCC1. The predicted molar refractivity (Wildman–Crippen MR) is 96.6 cm³/mol. The lowest BCUT2D eigenvalue weighted by molar-refractivity contribution is -0.115. The molecule has 1 saturated carbocycles. The van der Waals surface area contributed by atoms with Crippen LogP contribution in [-0.2, 0) is 4.79 Å². The van der Waals surface area contributed by atoms with Crippen molar-refractivity contribution in [3.05, 3.63) is 28.7 Å². The van der Waals surface area contributed by atoms with Crippen LogP contribution in [-0.4, -0.2) is 17.8 Å². The Labute approximate surface area is 146 Å². The van der Waals surface area contributed by atoms with Crippen LogP contribution in [0.4, 0.5) is 10.5 Å².